The van der Waals surface area contributed by atoms with Crippen LogP contribution in [0.25, 0.3) is 0 Å². The molecule has 0 atom stereocenters. The van der Waals surface area contributed by atoms with E-state index < -0.39 is 5.41 Å². The number of benzene rings is 1. The van der Waals surface area contributed by atoms with E-state index in [0.717, 1.165) is 23.2 Å². The molecule has 0 aromatic heterocycles. The van der Waals surface area contributed by atoms with E-state index in [1.165, 1.54) is 0 Å². The highest BCUT2D eigenvalue weighted by Gasteiger charge is 2.25. The predicted molar refractivity (Wildman–Crippen MR) is 82.5 cm³/mol. The van der Waals surface area contributed by atoms with E-state index in [4.69, 9.17) is 5.11 Å². The van der Waals surface area contributed by atoms with Crippen molar-refractivity contribution in [1.82, 2.24) is 0 Å². The average Bonchev–Trinajstić information content (AvgIpc) is 2.41. The zero-order valence-electron chi connectivity index (χ0n) is 12.7. The van der Waals surface area contributed by atoms with Crippen molar-refractivity contribution >= 4 is 11.6 Å². The predicted octanol–water partition coefficient (Wildman–Crippen LogP) is 3.10. The molecule has 1 aromatic carbocycles. The molecule has 0 saturated heterocycles. The van der Waals surface area contributed by atoms with Crippen LogP contribution >= 0.6 is 0 Å². The Bertz CT molecular complexity index is 536. The maximum absolute atomic E-state index is 12.2. The topological polar surface area (TPSA) is 49.3 Å². The molecule has 0 saturated carbocycles. The van der Waals surface area contributed by atoms with Gasteiger partial charge >= 0.3 is 0 Å². The van der Waals surface area contributed by atoms with Crippen molar-refractivity contribution in [2.24, 2.45) is 5.41 Å². The molecule has 2 N–H and O–H groups in total. The molecule has 0 fully saturated rings. The minimum atomic E-state index is -0.402. The van der Waals surface area contributed by atoms with E-state index >= 15 is 0 Å². The standard InChI is InChI=1S/C17H23NO2/c1-5-17(3,4)16(20)18-15-10-9-13(2)12-14(15)8-6-7-11-19/h9-10,12,19H,5,7,11H2,1-4H3,(H,18,20). The van der Waals surface area contributed by atoms with Crippen LogP contribution in [0.1, 0.15) is 44.7 Å². The molecule has 20 heavy (non-hydrogen) atoms. The fraction of sp³-hybridized carbons (Fsp3) is 0.471. The highest BCUT2D eigenvalue weighted by molar-refractivity contribution is 5.96. The highest BCUT2D eigenvalue weighted by atomic mass is 16.2. The van der Waals surface area contributed by atoms with E-state index in [1.807, 2.05) is 45.9 Å². The van der Waals surface area contributed by atoms with Gasteiger partial charge < -0.3 is 10.4 Å². The van der Waals surface area contributed by atoms with Gasteiger partial charge in [-0.25, -0.2) is 0 Å². The Kier molecular flexibility index (Phi) is 5.79. The minimum Gasteiger partial charge on any atom is -0.395 e. The lowest BCUT2D eigenvalue weighted by Crippen LogP contribution is -2.30. The number of rotatable bonds is 4. The zero-order chi connectivity index (χ0) is 15.2. The molecule has 0 radical (unpaired) electrons. The number of carbonyl (C=O) groups is 1. The van der Waals surface area contributed by atoms with Gasteiger partial charge in [0.2, 0.25) is 5.91 Å². The van der Waals surface area contributed by atoms with Gasteiger partial charge in [-0.3, -0.25) is 4.79 Å². The molecule has 108 valence electrons. The first-order chi connectivity index (χ1) is 9.40. The molecule has 0 bridgehead atoms. The first-order valence-electron chi connectivity index (χ1n) is 6.92. The summed E-state index contributed by atoms with van der Waals surface area (Å²) in [7, 11) is 0. The summed E-state index contributed by atoms with van der Waals surface area (Å²) in [6, 6.07) is 5.77. The molecule has 0 aliphatic heterocycles. The van der Waals surface area contributed by atoms with Gasteiger partial charge in [-0.2, -0.15) is 0 Å². The van der Waals surface area contributed by atoms with Crippen molar-refractivity contribution in [2.45, 2.75) is 40.5 Å². The number of aliphatic hydroxyl groups is 1. The van der Waals surface area contributed by atoms with E-state index in [0.29, 0.717) is 6.42 Å². The van der Waals surface area contributed by atoms with Crippen LogP contribution in [-0.2, 0) is 4.79 Å². The summed E-state index contributed by atoms with van der Waals surface area (Å²) in [6.45, 7) is 7.88. The quantitative estimate of drug-likeness (QED) is 0.828. The molecule has 1 rings (SSSR count). The number of anilines is 1. The summed E-state index contributed by atoms with van der Waals surface area (Å²) in [5, 5.41) is 11.7. The molecule has 0 unspecified atom stereocenters. The summed E-state index contributed by atoms with van der Waals surface area (Å²) >= 11 is 0. The van der Waals surface area contributed by atoms with Gasteiger partial charge in [0.05, 0.1) is 12.3 Å². The van der Waals surface area contributed by atoms with Gasteiger partial charge in [0.25, 0.3) is 0 Å². The number of hydrogen-bond acceptors (Lipinski definition) is 2. The van der Waals surface area contributed by atoms with Crippen LogP contribution in [0.15, 0.2) is 18.2 Å². The van der Waals surface area contributed by atoms with Crippen molar-refractivity contribution in [3.63, 3.8) is 0 Å². The molecule has 1 amide bonds. The van der Waals surface area contributed by atoms with Gasteiger partial charge in [-0.15, -0.1) is 0 Å². The van der Waals surface area contributed by atoms with Gasteiger partial charge in [0, 0.05) is 17.4 Å². The average molecular weight is 273 g/mol. The maximum Gasteiger partial charge on any atom is 0.230 e. The number of aryl methyl sites for hydroxylation is 1. The normalized spacial score (nSPS) is 10.7. The lowest BCUT2D eigenvalue weighted by atomic mass is 9.89. The smallest absolute Gasteiger partial charge is 0.230 e. The Hall–Kier alpha value is -1.79. The first kappa shape index (κ1) is 16.3. The van der Waals surface area contributed by atoms with Crippen LogP contribution in [0.4, 0.5) is 5.69 Å². The number of amides is 1. The summed E-state index contributed by atoms with van der Waals surface area (Å²) in [5.41, 5.74) is 2.21. The van der Waals surface area contributed by atoms with Crippen molar-refractivity contribution < 1.29 is 9.90 Å². The van der Waals surface area contributed by atoms with Crippen LogP contribution in [-0.4, -0.2) is 17.6 Å². The molecule has 0 aliphatic rings. The third-order valence-electron chi connectivity index (χ3n) is 3.38. The van der Waals surface area contributed by atoms with Gasteiger partial charge in [-0.05, 0) is 31.0 Å². The fourth-order valence-corrected chi connectivity index (χ4v) is 1.54. The van der Waals surface area contributed by atoms with Gasteiger partial charge in [-0.1, -0.05) is 38.7 Å². The summed E-state index contributed by atoms with van der Waals surface area (Å²) in [4.78, 5) is 12.2. The Balaban J connectivity index is 3.01. The number of aliphatic hydroxyl groups excluding tert-OH is 1. The second kappa shape index (κ2) is 7.12. The summed E-state index contributed by atoms with van der Waals surface area (Å²) in [6.07, 6.45) is 1.21. The lowest BCUT2D eigenvalue weighted by molar-refractivity contribution is -0.124. The monoisotopic (exact) mass is 273 g/mol. The third kappa shape index (κ3) is 4.40. The van der Waals surface area contributed by atoms with Crippen molar-refractivity contribution in [2.75, 3.05) is 11.9 Å². The van der Waals surface area contributed by atoms with Crippen molar-refractivity contribution in [3.05, 3.63) is 29.3 Å². The Labute approximate surface area is 121 Å². The highest BCUT2D eigenvalue weighted by Crippen LogP contribution is 2.24. The number of hydrogen-bond donors (Lipinski definition) is 2. The maximum atomic E-state index is 12.2. The molecular formula is C17H23NO2. The van der Waals surface area contributed by atoms with Gasteiger partial charge in [0.15, 0.2) is 0 Å². The molecule has 3 heteroatoms. The second-order valence-corrected chi connectivity index (χ2v) is 5.52. The molecule has 0 heterocycles. The Morgan fingerprint density at radius 1 is 1.40 bits per heavy atom. The molecule has 1 aromatic rings. The Morgan fingerprint density at radius 3 is 2.70 bits per heavy atom. The van der Waals surface area contributed by atoms with Crippen LogP contribution in [0.3, 0.4) is 0 Å². The zero-order valence-corrected chi connectivity index (χ0v) is 12.7. The number of nitrogens with one attached hydrogen (secondary N) is 1. The van der Waals surface area contributed by atoms with Gasteiger partial charge in [0.1, 0.15) is 0 Å². The Morgan fingerprint density at radius 2 is 2.10 bits per heavy atom. The van der Waals surface area contributed by atoms with E-state index in [-0.39, 0.29) is 12.5 Å². The largest absolute Gasteiger partial charge is 0.395 e. The van der Waals surface area contributed by atoms with Crippen LogP contribution in [0.5, 0.6) is 0 Å². The minimum absolute atomic E-state index is 0.00550. The fourth-order valence-electron chi connectivity index (χ4n) is 1.54. The van der Waals surface area contributed by atoms with E-state index in [2.05, 4.69) is 17.2 Å². The SMILES string of the molecule is CCC(C)(C)C(=O)Nc1ccc(C)cc1C#CCCO. The first-order valence-corrected chi connectivity index (χ1v) is 6.92. The molecular weight excluding hydrogens is 250 g/mol. The summed E-state index contributed by atoms with van der Waals surface area (Å²) in [5.74, 6) is 5.89. The van der Waals surface area contributed by atoms with Crippen molar-refractivity contribution in [3.8, 4) is 11.8 Å². The van der Waals surface area contributed by atoms with Crippen molar-refractivity contribution in [1.29, 1.82) is 0 Å². The molecule has 0 aliphatic carbocycles. The van der Waals surface area contributed by atoms with E-state index in [1.54, 1.807) is 0 Å². The van der Waals surface area contributed by atoms with Crippen LogP contribution in [0.2, 0.25) is 0 Å². The number of carbonyl (C=O) groups excluding carboxylic acids is 1. The third-order valence-corrected chi connectivity index (χ3v) is 3.38. The summed E-state index contributed by atoms with van der Waals surface area (Å²) < 4.78 is 0. The van der Waals surface area contributed by atoms with Crippen LogP contribution < -0.4 is 5.32 Å². The lowest BCUT2D eigenvalue weighted by Gasteiger charge is -2.22. The molecule has 0 spiro atoms. The van der Waals surface area contributed by atoms with Crippen LogP contribution in [0, 0.1) is 24.2 Å². The second-order valence-electron chi connectivity index (χ2n) is 5.52. The van der Waals surface area contributed by atoms with E-state index in [9.17, 15) is 4.79 Å². The molecule has 3 nitrogen and oxygen atoms in total.